The predicted molar refractivity (Wildman–Crippen MR) is 74.9 cm³/mol. The monoisotopic (exact) mass is 293 g/mol. The Morgan fingerprint density at radius 2 is 2.19 bits per heavy atom. The van der Waals surface area contributed by atoms with Gasteiger partial charge in [-0.1, -0.05) is 13.8 Å². The van der Waals surface area contributed by atoms with Crippen LogP contribution in [0.3, 0.4) is 0 Å². The average Bonchev–Trinajstić information content (AvgIpc) is 2.84. The number of nitro benzene ring substituents is 1. The number of nitrogens with one attached hydrogen (secondary N) is 1. The summed E-state index contributed by atoms with van der Waals surface area (Å²) in [5.74, 6) is -0.472. The van der Waals surface area contributed by atoms with Crippen LogP contribution >= 0.6 is 0 Å². The molecule has 112 valence electrons. The molecule has 1 aromatic heterocycles. The molecule has 2 rings (SSSR count). The molecule has 1 unspecified atom stereocenters. The fraction of sp³-hybridized carbons (Fsp3) is 0.385. The molecular weight excluding hydrogens is 278 g/mol. The van der Waals surface area contributed by atoms with E-state index in [0.29, 0.717) is 5.52 Å². The smallest absolute Gasteiger partial charge is 0.328 e. The van der Waals surface area contributed by atoms with Crippen LogP contribution in [0.1, 0.15) is 13.8 Å². The number of benzene rings is 1. The van der Waals surface area contributed by atoms with Gasteiger partial charge in [0.05, 0.1) is 18.1 Å². The molecule has 0 amide bonds. The summed E-state index contributed by atoms with van der Waals surface area (Å²) >= 11 is 0. The normalized spacial score (nSPS) is 12.4. The molecular formula is C13H15N3O5. The van der Waals surface area contributed by atoms with Crippen molar-refractivity contribution >= 4 is 28.8 Å². The lowest BCUT2D eigenvalue weighted by molar-refractivity contribution is -0.384. The molecule has 21 heavy (non-hydrogen) atoms. The summed E-state index contributed by atoms with van der Waals surface area (Å²) < 4.78 is 10.1. The SMILES string of the molecule is COC(=O)C(Nc1nc2ccc([N+](=O)[O-])cc2o1)C(C)C. The van der Waals surface area contributed by atoms with Crippen molar-refractivity contribution in [3.05, 3.63) is 28.3 Å². The molecule has 1 atom stereocenters. The fourth-order valence-electron chi connectivity index (χ4n) is 1.85. The molecule has 0 radical (unpaired) electrons. The van der Waals surface area contributed by atoms with Gasteiger partial charge in [-0.05, 0) is 12.0 Å². The maximum atomic E-state index is 11.7. The first-order valence-electron chi connectivity index (χ1n) is 6.31. The van der Waals surface area contributed by atoms with Crippen LogP contribution in [0.25, 0.3) is 11.1 Å². The predicted octanol–water partition coefficient (Wildman–Crippen LogP) is 2.35. The first-order valence-corrected chi connectivity index (χ1v) is 6.31. The van der Waals surface area contributed by atoms with E-state index in [9.17, 15) is 14.9 Å². The summed E-state index contributed by atoms with van der Waals surface area (Å²) in [6.07, 6.45) is 0. The highest BCUT2D eigenvalue weighted by Gasteiger charge is 2.25. The molecule has 0 aliphatic carbocycles. The van der Waals surface area contributed by atoms with Crippen LogP contribution in [0.15, 0.2) is 22.6 Å². The Balaban J connectivity index is 2.30. The largest absolute Gasteiger partial charge is 0.467 e. The number of aromatic nitrogens is 1. The molecule has 0 bridgehead atoms. The van der Waals surface area contributed by atoms with E-state index in [2.05, 4.69) is 10.3 Å². The lowest BCUT2D eigenvalue weighted by Gasteiger charge is -2.18. The molecule has 8 heteroatoms. The Bertz CT molecular complexity index is 679. The maximum Gasteiger partial charge on any atom is 0.328 e. The van der Waals surface area contributed by atoms with Crippen LogP contribution < -0.4 is 5.32 Å². The first kappa shape index (κ1) is 14.8. The Hall–Kier alpha value is -2.64. The van der Waals surface area contributed by atoms with Crippen LogP contribution in [0.5, 0.6) is 0 Å². The lowest BCUT2D eigenvalue weighted by atomic mass is 10.1. The number of anilines is 1. The van der Waals surface area contributed by atoms with Crippen molar-refractivity contribution in [2.75, 3.05) is 12.4 Å². The molecule has 2 aromatic rings. The summed E-state index contributed by atoms with van der Waals surface area (Å²) in [5, 5.41) is 13.6. The zero-order valence-electron chi connectivity index (χ0n) is 11.8. The van der Waals surface area contributed by atoms with Gasteiger partial charge in [-0.3, -0.25) is 10.1 Å². The van der Waals surface area contributed by atoms with E-state index < -0.39 is 16.9 Å². The number of rotatable bonds is 5. The Labute approximate surface area is 120 Å². The molecule has 1 heterocycles. The standard InChI is InChI=1S/C13H15N3O5/c1-7(2)11(12(17)20-3)15-13-14-9-5-4-8(16(18)19)6-10(9)21-13/h4-7,11H,1-3H3,(H,14,15). The van der Waals surface area contributed by atoms with Gasteiger partial charge in [0.25, 0.3) is 11.7 Å². The third-order valence-electron chi connectivity index (χ3n) is 2.98. The van der Waals surface area contributed by atoms with Gasteiger partial charge in [0.1, 0.15) is 11.6 Å². The second-order valence-corrected chi connectivity index (χ2v) is 4.82. The second-order valence-electron chi connectivity index (χ2n) is 4.82. The van der Waals surface area contributed by atoms with Crippen molar-refractivity contribution < 1.29 is 18.9 Å². The van der Waals surface area contributed by atoms with Gasteiger partial charge in [-0.25, -0.2) is 4.79 Å². The molecule has 0 saturated heterocycles. The van der Waals surface area contributed by atoms with E-state index in [-0.39, 0.29) is 23.2 Å². The van der Waals surface area contributed by atoms with Crippen LogP contribution in [-0.2, 0) is 9.53 Å². The number of hydrogen-bond donors (Lipinski definition) is 1. The zero-order valence-corrected chi connectivity index (χ0v) is 11.8. The second kappa shape index (κ2) is 5.78. The third kappa shape index (κ3) is 3.10. The van der Waals surface area contributed by atoms with E-state index in [4.69, 9.17) is 9.15 Å². The van der Waals surface area contributed by atoms with Crippen molar-refractivity contribution in [3.63, 3.8) is 0 Å². The molecule has 0 saturated carbocycles. The van der Waals surface area contributed by atoms with Crippen molar-refractivity contribution in [1.82, 2.24) is 4.98 Å². The van der Waals surface area contributed by atoms with Crippen LogP contribution in [0.2, 0.25) is 0 Å². The van der Waals surface area contributed by atoms with E-state index in [1.165, 1.54) is 25.3 Å². The van der Waals surface area contributed by atoms with Crippen LogP contribution in [-0.4, -0.2) is 29.0 Å². The minimum Gasteiger partial charge on any atom is -0.467 e. The van der Waals surface area contributed by atoms with Crippen molar-refractivity contribution in [2.45, 2.75) is 19.9 Å². The van der Waals surface area contributed by atoms with Gasteiger partial charge in [0.2, 0.25) is 0 Å². The quantitative estimate of drug-likeness (QED) is 0.512. The number of oxazole rings is 1. The van der Waals surface area contributed by atoms with E-state index in [0.717, 1.165) is 0 Å². The topological polar surface area (TPSA) is 108 Å². The van der Waals surface area contributed by atoms with Gasteiger partial charge >= 0.3 is 5.97 Å². The number of non-ortho nitro benzene ring substituents is 1. The highest BCUT2D eigenvalue weighted by atomic mass is 16.6. The van der Waals surface area contributed by atoms with E-state index in [1.54, 1.807) is 0 Å². The molecule has 0 aliphatic heterocycles. The van der Waals surface area contributed by atoms with Gasteiger partial charge in [-0.2, -0.15) is 4.98 Å². The molecule has 0 aliphatic rings. The van der Waals surface area contributed by atoms with E-state index >= 15 is 0 Å². The Kier molecular flexibility index (Phi) is 4.06. The number of fused-ring (bicyclic) bond motifs is 1. The number of nitro groups is 1. The fourth-order valence-corrected chi connectivity index (χ4v) is 1.85. The number of carbonyl (C=O) groups excluding carboxylic acids is 1. The maximum absolute atomic E-state index is 11.7. The minimum atomic E-state index is -0.613. The number of esters is 1. The third-order valence-corrected chi connectivity index (χ3v) is 2.98. The molecule has 0 fully saturated rings. The summed E-state index contributed by atoms with van der Waals surface area (Å²) in [5.41, 5.74) is 0.660. The van der Waals surface area contributed by atoms with Gasteiger partial charge in [0.15, 0.2) is 5.58 Å². The summed E-state index contributed by atoms with van der Waals surface area (Å²) in [7, 11) is 1.30. The van der Waals surface area contributed by atoms with Crippen LogP contribution in [0, 0.1) is 16.0 Å². The molecule has 0 spiro atoms. The van der Waals surface area contributed by atoms with Crippen molar-refractivity contribution in [1.29, 1.82) is 0 Å². The van der Waals surface area contributed by atoms with Crippen molar-refractivity contribution in [2.24, 2.45) is 5.92 Å². The number of hydrogen-bond acceptors (Lipinski definition) is 7. The molecule has 1 N–H and O–H groups in total. The van der Waals surface area contributed by atoms with Gasteiger partial charge in [-0.15, -0.1) is 0 Å². The average molecular weight is 293 g/mol. The number of ether oxygens (including phenoxy) is 1. The highest BCUT2D eigenvalue weighted by Crippen LogP contribution is 2.24. The minimum absolute atomic E-state index is 0.0400. The molecule has 8 nitrogen and oxygen atoms in total. The number of nitrogens with zero attached hydrogens (tertiary/aromatic N) is 2. The number of carbonyl (C=O) groups is 1. The van der Waals surface area contributed by atoms with Crippen LogP contribution in [0.4, 0.5) is 11.7 Å². The van der Waals surface area contributed by atoms with Gasteiger partial charge < -0.3 is 14.5 Å². The summed E-state index contributed by atoms with van der Waals surface area (Å²) in [4.78, 5) is 26.0. The van der Waals surface area contributed by atoms with E-state index in [1.807, 2.05) is 13.8 Å². The lowest BCUT2D eigenvalue weighted by Crippen LogP contribution is -2.35. The van der Waals surface area contributed by atoms with Crippen molar-refractivity contribution in [3.8, 4) is 0 Å². The summed E-state index contributed by atoms with van der Waals surface area (Å²) in [6.45, 7) is 3.70. The zero-order chi connectivity index (χ0) is 15.6. The first-order chi connectivity index (χ1) is 9.92. The van der Waals surface area contributed by atoms with Gasteiger partial charge in [0, 0.05) is 6.07 Å². The Morgan fingerprint density at radius 1 is 1.48 bits per heavy atom. The highest BCUT2D eigenvalue weighted by molar-refractivity contribution is 5.80. The summed E-state index contributed by atoms with van der Waals surface area (Å²) in [6, 6.07) is 3.63. The molecule has 1 aromatic carbocycles. The Morgan fingerprint density at radius 3 is 2.76 bits per heavy atom. The number of methoxy groups -OCH3 is 1.